The van der Waals surface area contributed by atoms with Gasteiger partial charge in [0.2, 0.25) is 0 Å². The second-order valence-corrected chi connectivity index (χ2v) is 6.49. The van der Waals surface area contributed by atoms with Crippen molar-refractivity contribution in [2.45, 2.75) is 32.4 Å². The molecule has 1 aliphatic rings. The van der Waals surface area contributed by atoms with Crippen LogP contribution in [0, 0.1) is 6.92 Å². The summed E-state index contributed by atoms with van der Waals surface area (Å²) in [6.45, 7) is 3.75. The van der Waals surface area contributed by atoms with E-state index in [0.717, 1.165) is 42.4 Å². The normalized spacial score (nSPS) is 17.4. The molecule has 4 heterocycles. The molecule has 130 valence electrons. The molecule has 0 amide bonds. The second-order valence-electron chi connectivity index (χ2n) is 6.49. The van der Waals surface area contributed by atoms with Gasteiger partial charge in [0.15, 0.2) is 0 Å². The SMILES string of the molecule is Cc1ccc2nc(CNc3cc(N4CCC[C@@H]4CO)ncn3)cn2c1. The monoisotopic (exact) mass is 338 g/mol. The molecule has 0 spiro atoms. The predicted molar refractivity (Wildman–Crippen MR) is 96.7 cm³/mol. The number of fused-ring (bicyclic) bond motifs is 1. The zero-order valence-corrected chi connectivity index (χ0v) is 14.3. The Morgan fingerprint density at radius 3 is 3.08 bits per heavy atom. The van der Waals surface area contributed by atoms with E-state index in [-0.39, 0.29) is 12.6 Å². The van der Waals surface area contributed by atoms with Crippen LogP contribution in [0.4, 0.5) is 11.6 Å². The zero-order chi connectivity index (χ0) is 17.2. The molecule has 1 saturated heterocycles. The van der Waals surface area contributed by atoms with E-state index in [1.165, 1.54) is 5.56 Å². The fourth-order valence-corrected chi connectivity index (χ4v) is 3.35. The van der Waals surface area contributed by atoms with Crippen LogP contribution in [0.2, 0.25) is 0 Å². The molecule has 1 fully saturated rings. The van der Waals surface area contributed by atoms with Gasteiger partial charge >= 0.3 is 0 Å². The molecule has 0 radical (unpaired) electrons. The first kappa shape index (κ1) is 15.8. The number of imidazole rings is 1. The summed E-state index contributed by atoms with van der Waals surface area (Å²) in [7, 11) is 0. The molecular formula is C18H22N6O. The summed E-state index contributed by atoms with van der Waals surface area (Å²) < 4.78 is 2.04. The standard InChI is InChI=1S/C18H22N6O/c1-13-4-5-17-22-14(10-23(17)9-13)8-19-16-7-18(21-12-20-16)24-6-2-3-15(24)11-25/h4-5,7,9-10,12,15,25H,2-3,6,8,11H2,1H3,(H,19,20,21)/t15-/m1/s1. The molecule has 7 nitrogen and oxygen atoms in total. The van der Waals surface area contributed by atoms with E-state index in [1.54, 1.807) is 6.33 Å². The molecule has 3 aromatic heterocycles. The molecule has 0 bridgehead atoms. The lowest BCUT2D eigenvalue weighted by atomic mass is 10.2. The largest absolute Gasteiger partial charge is 0.394 e. The summed E-state index contributed by atoms with van der Waals surface area (Å²) in [5.41, 5.74) is 3.10. The van der Waals surface area contributed by atoms with Crippen LogP contribution in [-0.4, -0.2) is 43.7 Å². The highest BCUT2D eigenvalue weighted by Gasteiger charge is 2.25. The zero-order valence-electron chi connectivity index (χ0n) is 14.3. The quantitative estimate of drug-likeness (QED) is 0.741. The average Bonchev–Trinajstić information content (AvgIpc) is 3.26. The number of rotatable bonds is 5. The Morgan fingerprint density at radius 1 is 1.28 bits per heavy atom. The maximum atomic E-state index is 9.50. The van der Waals surface area contributed by atoms with Crippen LogP contribution in [0.15, 0.2) is 36.9 Å². The number of hydrogen-bond acceptors (Lipinski definition) is 6. The van der Waals surface area contributed by atoms with Crippen molar-refractivity contribution < 1.29 is 5.11 Å². The smallest absolute Gasteiger partial charge is 0.137 e. The Labute approximate surface area is 146 Å². The van der Waals surface area contributed by atoms with E-state index in [4.69, 9.17) is 0 Å². The van der Waals surface area contributed by atoms with Crippen LogP contribution in [0.3, 0.4) is 0 Å². The van der Waals surface area contributed by atoms with Gasteiger partial charge in [-0.1, -0.05) is 6.07 Å². The van der Waals surface area contributed by atoms with Crippen molar-refractivity contribution in [2.75, 3.05) is 23.4 Å². The predicted octanol–water partition coefficient (Wildman–Crippen LogP) is 2.01. The summed E-state index contributed by atoms with van der Waals surface area (Å²) in [5.74, 6) is 1.63. The van der Waals surface area contributed by atoms with Crippen LogP contribution < -0.4 is 10.2 Å². The molecule has 3 aromatic rings. The summed E-state index contributed by atoms with van der Waals surface area (Å²) in [6.07, 6.45) is 7.75. The van der Waals surface area contributed by atoms with E-state index in [2.05, 4.69) is 44.4 Å². The molecule has 1 atom stereocenters. The van der Waals surface area contributed by atoms with Crippen LogP contribution in [0.5, 0.6) is 0 Å². The Hall–Kier alpha value is -2.67. The number of aliphatic hydroxyl groups excluding tert-OH is 1. The van der Waals surface area contributed by atoms with E-state index in [1.807, 2.05) is 22.7 Å². The maximum absolute atomic E-state index is 9.50. The molecule has 7 heteroatoms. The highest BCUT2D eigenvalue weighted by molar-refractivity contribution is 5.50. The first-order valence-electron chi connectivity index (χ1n) is 8.60. The van der Waals surface area contributed by atoms with Crippen LogP contribution in [0.25, 0.3) is 5.65 Å². The first-order valence-corrected chi connectivity index (χ1v) is 8.60. The highest BCUT2D eigenvalue weighted by atomic mass is 16.3. The van der Waals surface area contributed by atoms with Gasteiger partial charge < -0.3 is 19.7 Å². The van der Waals surface area contributed by atoms with Crippen LogP contribution in [-0.2, 0) is 6.54 Å². The van der Waals surface area contributed by atoms with Crippen molar-refractivity contribution in [2.24, 2.45) is 0 Å². The molecule has 1 aliphatic heterocycles. The number of hydrogen-bond donors (Lipinski definition) is 2. The first-order chi connectivity index (χ1) is 12.2. The second kappa shape index (κ2) is 6.68. The molecule has 0 aromatic carbocycles. The summed E-state index contributed by atoms with van der Waals surface area (Å²) in [4.78, 5) is 15.4. The van der Waals surface area contributed by atoms with Gasteiger partial charge in [0, 0.05) is 25.0 Å². The van der Waals surface area contributed by atoms with Gasteiger partial charge in [-0.05, 0) is 31.4 Å². The van der Waals surface area contributed by atoms with Crippen molar-refractivity contribution in [1.82, 2.24) is 19.4 Å². The lowest BCUT2D eigenvalue weighted by Crippen LogP contribution is -2.32. The lowest BCUT2D eigenvalue weighted by Gasteiger charge is -2.24. The molecule has 0 aliphatic carbocycles. The third kappa shape index (κ3) is 3.28. The Balaban J connectivity index is 1.48. The van der Waals surface area contributed by atoms with E-state index >= 15 is 0 Å². The van der Waals surface area contributed by atoms with Gasteiger partial charge in [0.1, 0.15) is 23.6 Å². The minimum Gasteiger partial charge on any atom is -0.394 e. The minimum absolute atomic E-state index is 0.157. The van der Waals surface area contributed by atoms with E-state index in [0.29, 0.717) is 6.54 Å². The van der Waals surface area contributed by atoms with Gasteiger partial charge in [-0.25, -0.2) is 15.0 Å². The molecular weight excluding hydrogens is 316 g/mol. The van der Waals surface area contributed by atoms with Gasteiger partial charge in [-0.15, -0.1) is 0 Å². The molecule has 0 unspecified atom stereocenters. The van der Waals surface area contributed by atoms with Gasteiger partial charge in [0.05, 0.1) is 24.9 Å². The van der Waals surface area contributed by atoms with Crippen molar-refractivity contribution in [1.29, 1.82) is 0 Å². The fraction of sp³-hybridized carbons (Fsp3) is 0.389. The van der Waals surface area contributed by atoms with Gasteiger partial charge in [0.25, 0.3) is 0 Å². The molecule has 4 rings (SSSR count). The number of aliphatic hydroxyl groups is 1. The Bertz CT molecular complexity index is 877. The molecule has 2 N–H and O–H groups in total. The average molecular weight is 338 g/mol. The van der Waals surface area contributed by atoms with Gasteiger partial charge in [-0.2, -0.15) is 0 Å². The Kier molecular flexibility index (Phi) is 4.23. The maximum Gasteiger partial charge on any atom is 0.137 e. The summed E-state index contributed by atoms with van der Waals surface area (Å²) in [5, 5.41) is 12.8. The van der Waals surface area contributed by atoms with Gasteiger partial charge in [-0.3, -0.25) is 0 Å². The van der Waals surface area contributed by atoms with Crippen LogP contribution in [0.1, 0.15) is 24.1 Å². The Morgan fingerprint density at radius 2 is 2.20 bits per heavy atom. The fourth-order valence-electron chi connectivity index (χ4n) is 3.35. The van der Waals surface area contributed by atoms with E-state index < -0.39 is 0 Å². The number of aromatic nitrogens is 4. The third-order valence-electron chi connectivity index (χ3n) is 4.63. The van der Waals surface area contributed by atoms with Crippen molar-refractivity contribution in [3.8, 4) is 0 Å². The number of nitrogens with one attached hydrogen (secondary N) is 1. The number of pyridine rings is 1. The molecule has 0 saturated carbocycles. The van der Waals surface area contributed by atoms with Crippen molar-refractivity contribution in [3.05, 3.63) is 48.2 Å². The van der Waals surface area contributed by atoms with Crippen LogP contribution >= 0.6 is 0 Å². The van der Waals surface area contributed by atoms with Crippen molar-refractivity contribution >= 4 is 17.3 Å². The van der Waals surface area contributed by atoms with Crippen molar-refractivity contribution in [3.63, 3.8) is 0 Å². The topological polar surface area (TPSA) is 78.6 Å². The molecule has 25 heavy (non-hydrogen) atoms. The minimum atomic E-state index is 0.157. The highest BCUT2D eigenvalue weighted by Crippen LogP contribution is 2.24. The summed E-state index contributed by atoms with van der Waals surface area (Å²) in [6, 6.07) is 6.17. The number of nitrogens with zero attached hydrogens (tertiary/aromatic N) is 5. The number of anilines is 2. The summed E-state index contributed by atoms with van der Waals surface area (Å²) >= 11 is 0. The lowest BCUT2D eigenvalue weighted by molar-refractivity contribution is 0.266. The third-order valence-corrected chi connectivity index (χ3v) is 4.63. The number of aryl methyl sites for hydroxylation is 1. The van der Waals surface area contributed by atoms with E-state index in [9.17, 15) is 5.11 Å².